The molecule has 1 amide bonds. The first-order chi connectivity index (χ1) is 14.1. The number of halogens is 1. The van der Waals surface area contributed by atoms with Gasteiger partial charge in [0.05, 0.1) is 11.9 Å². The maximum atomic E-state index is 13.6. The molecule has 0 saturated carbocycles. The number of benzene rings is 2. The van der Waals surface area contributed by atoms with Crippen LogP contribution < -0.4 is 9.62 Å². The number of carbonyl (C=O) groups excluding carboxylic acids is 1. The molecule has 0 aliphatic rings. The minimum atomic E-state index is -3.61. The van der Waals surface area contributed by atoms with E-state index in [1.165, 1.54) is 10.4 Å². The third-order valence-corrected chi connectivity index (χ3v) is 6.78. The summed E-state index contributed by atoms with van der Waals surface area (Å²) in [4.78, 5) is 12.4. The van der Waals surface area contributed by atoms with E-state index >= 15 is 0 Å². The van der Waals surface area contributed by atoms with Crippen LogP contribution >= 0.6 is 11.8 Å². The largest absolute Gasteiger partial charge is 0.354 e. The molecule has 0 heterocycles. The number of nitrogens with zero attached hydrogens (tertiary/aromatic N) is 1. The molecule has 0 saturated heterocycles. The molecule has 8 heteroatoms. The third kappa shape index (κ3) is 7.02. The molecular weight excluding hydrogens is 423 g/mol. The minimum absolute atomic E-state index is 0.208. The second kappa shape index (κ2) is 10.8. The van der Waals surface area contributed by atoms with Gasteiger partial charge in [-0.2, -0.15) is 11.8 Å². The molecule has 0 bridgehead atoms. The smallest absolute Gasteiger partial charge is 0.240 e. The Morgan fingerprint density at radius 2 is 1.77 bits per heavy atom. The molecule has 2 aromatic rings. The first-order valence-electron chi connectivity index (χ1n) is 9.73. The number of nitrogens with one attached hydrogen (secondary N) is 1. The Bertz CT molecular complexity index is 971. The van der Waals surface area contributed by atoms with Crippen LogP contribution in [0.1, 0.15) is 28.7 Å². The van der Waals surface area contributed by atoms with Gasteiger partial charge in [-0.1, -0.05) is 35.9 Å². The molecule has 0 unspecified atom stereocenters. The van der Waals surface area contributed by atoms with Gasteiger partial charge in [0.2, 0.25) is 15.9 Å². The number of rotatable bonds is 10. The molecule has 0 aliphatic carbocycles. The van der Waals surface area contributed by atoms with Gasteiger partial charge in [0, 0.05) is 12.3 Å². The summed E-state index contributed by atoms with van der Waals surface area (Å²) in [6, 6.07) is 10.5. The lowest BCUT2D eigenvalue weighted by atomic mass is 10.1. The Morgan fingerprint density at radius 3 is 2.37 bits per heavy atom. The van der Waals surface area contributed by atoms with Crippen molar-refractivity contribution in [3.8, 4) is 0 Å². The first kappa shape index (κ1) is 24.2. The van der Waals surface area contributed by atoms with Crippen molar-refractivity contribution in [1.82, 2.24) is 5.32 Å². The minimum Gasteiger partial charge on any atom is -0.354 e. The zero-order chi connectivity index (χ0) is 22.3. The van der Waals surface area contributed by atoms with E-state index in [2.05, 4.69) is 5.32 Å². The predicted octanol–water partition coefficient (Wildman–Crippen LogP) is 3.96. The lowest BCUT2D eigenvalue weighted by Gasteiger charge is -2.26. The van der Waals surface area contributed by atoms with Crippen molar-refractivity contribution in [2.45, 2.75) is 32.9 Å². The molecular formula is C22H29FN2O3S2. The maximum Gasteiger partial charge on any atom is 0.240 e. The van der Waals surface area contributed by atoms with Crippen molar-refractivity contribution in [2.75, 3.05) is 29.4 Å². The predicted molar refractivity (Wildman–Crippen MR) is 123 cm³/mol. The van der Waals surface area contributed by atoms with Gasteiger partial charge in [0.1, 0.15) is 12.4 Å². The number of hydrogen-bond acceptors (Lipinski definition) is 4. The number of hydrogen-bond donors (Lipinski definition) is 1. The van der Waals surface area contributed by atoms with E-state index in [1.807, 2.05) is 39.0 Å². The fourth-order valence-electron chi connectivity index (χ4n) is 3.31. The molecule has 1 N–H and O–H groups in total. The van der Waals surface area contributed by atoms with E-state index in [0.717, 1.165) is 28.7 Å². The fraction of sp³-hybridized carbons (Fsp3) is 0.409. The third-order valence-electron chi connectivity index (χ3n) is 4.58. The van der Waals surface area contributed by atoms with Gasteiger partial charge >= 0.3 is 0 Å². The molecule has 2 aromatic carbocycles. The highest BCUT2D eigenvalue weighted by Crippen LogP contribution is 2.28. The summed E-state index contributed by atoms with van der Waals surface area (Å²) in [5, 5.41) is 2.78. The standard InChI is InChI=1S/C22H29FN2O3S2/c1-16-12-17(2)22(18(3)13-16)25(30(4,27)28)14-21(26)24-10-7-11-29-15-19-8-5-6-9-20(19)23/h5-6,8-9,12-13H,7,10-11,14-15H2,1-4H3,(H,24,26). The summed E-state index contributed by atoms with van der Waals surface area (Å²) in [6.07, 6.45) is 1.82. The van der Waals surface area contributed by atoms with E-state index in [-0.39, 0.29) is 18.3 Å². The highest BCUT2D eigenvalue weighted by molar-refractivity contribution is 7.98. The summed E-state index contributed by atoms with van der Waals surface area (Å²) in [6.45, 7) is 5.82. The highest BCUT2D eigenvalue weighted by atomic mass is 32.2. The monoisotopic (exact) mass is 452 g/mol. The summed E-state index contributed by atoms with van der Waals surface area (Å²) in [7, 11) is -3.61. The Kier molecular flexibility index (Phi) is 8.73. The van der Waals surface area contributed by atoms with E-state index in [9.17, 15) is 17.6 Å². The summed E-state index contributed by atoms with van der Waals surface area (Å²) in [5.41, 5.74) is 3.89. The van der Waals surface area contributed by atoms with Crippen LogP contribution in [0, 0.1) is 26.6 Å². The van der Waals surface area contributed by atoms with Gasteiger partial charge in [-0.15, -0.1) is 0 Å². The quantitative estimate of drug-likeness (QED) is 0.554. The van der Waals surface area contributed by atoms with Crippen LogP contribution in [0.5, 0.6) is 0 Å². The fourth-order valence-corrected chi connectivity index (χ4v) is 5.23. The summed E-state index contributed by atoms with van der Waals surface area (Å²) >= 11 is 1.59. The normalized spacial score (nSPS) is 11.4. The Balaban J connectivity index is 1.86. The lowest BCUT2D eigenvalue weighted by Crippen LogP contribution is -2.41. The van der Waals surface area contributed by atoms with Crippen molar-refractivity contribution < 1.29 is 17.6 Å². The molecule has 0 aliphatic heterocycles. The van der Waals surface area contributed by atoms with Crippen molar-refractivity contribution >= 4 is 33.4 Å². The lowest BCUT2D eigenvalue weighted by molar-refractivity contribution is -0.119. The Hall–Kier alpha value is -2.06. The van der Waals surface area contributed by atoms with Crippen LogP contribution in [-0.4, -0.2) is 39.4 Å². The van der Waals surface area contributed by atoms with Crippen molar-refractivity contribution in [2.24, 2.45) is 0 Å². The number of anilines is 1. The number of sulfonamides is 1. The molecule has 164 valence electrons. The molecule has 5 nitrogen and oxygen atoms in total. The average molecular weight is 453 g/mol. The van der Waals surface area contributed by atoms with Crippen LogP contribution in [0.3, 0.4) is 0 Å². The first-order valence-corrected chi connectivity index (χ1v) is 12.7. The zero-order valence-corrected chi connectivity index (χ0v) is 19.5. The maximum absolute atomic E-state index is 13.6. The van der Waals surface area contributed by atoms with Gasteiger partial charge < -0.3 is 5.32 Å². The van der Waals surface area contributed by atoms with Gasteiger partial charge in [-0.05, 0) is 55.7 Å². The number of carbonyl (C=O) groups is 1. The van der Waals surface area contributed by atoms with Crippen molar-refractivity contribution in [3.63, 3.8) is 0 Å². The van der Waals surface area contributed by atoms with Crippen molar-refractivity contribution in [3.05, 3.63) is 64.5 Å². The molecule has 0 aromatic heterocycles. The Morgan fingerprint density at radius 1 is 1.13 bits per heavy atom. The van der Waals surface area contributed by atoms with Crippen molar-refractivity contribution in [1.29, 1.82) is 0 Å². The van der Waals surface area contributed by atoms with Gasteiger partial charge in [0.25, 0.3) is 0 Å². The second-order valence-corrected chi connectivity index (χ2v) is 10.4. The van der Waals surface area contributed by atoms with E-state index < -0.39 is 10.0 Å². The molecule has 0 spiro atoms. The highest BCUT2D eigenvalue weighted by Gasteiger charge is 2.24. The van der Waals surface area contributed by atoms with E-state index in [4.69, 9.17) is 0 Å². The van der Waals surface area contributed by atoms with Crippen LogP contribution in [0.15, 0.2) is 36.4 Å². The topological polar surface area (TPSA) is 66.5 Å². The van der Waals surface area contributed by atoms with E-state index in [0.29, 0.717) is 30.0 Å². The second-order valence-electron chi connectivity index (χ2n) is 7.36. The summed E-state index contributed by atoms with van der Waals surface area (Å²) in [5.74, 6) is 0.787. The molecule has 0 radical (unpaired) electrons. The van der Waals surface area contributed by atoms with Crippen LogP contribution in [-0.2, 0) is 20.6 Å². The molecule has 0 atom stereocenters. The zero-order valence-electron chi connectivity index (χ0n) is 17.9. The number of aryl methyl sites for hydroxylation is 3. The molecule has 2 rings (SSSR count). The average Bonchev–Trinajstić information content (AvgIpc) is 2.63. The Labute approximate surface area is 183 Å². The summed E-state index contributed by atoms with van der Waals surface area (Å²) < 4.78 is 39.4. The van der Waals surface area contributed by atoms with Gasteiger partial charge in [-0.3, -0.25) is 9.10 Å². The number of thioether (sulfide) groups is 1. The van der Waals surface area contributed by atoms with Gasteiger partial charge in [0.15, 0.2) is 0 Å². The number of amides is 1. The molecule has 30 heavy (non-hydrogen) atoms. The molecule has 0 fully saturated rings. The van der Waals surface area contributed by atoms with Gasteiger partial charge in [-0.25, -0.2) is 12.8 Å². The van der Waals surface area contributed by atoms with Crippen LogP contribution in [0.4, 0.5) is 10.1 Å². The van der Waals surface area contributed by atoms with E-state index in [1.54, 1.807) is 23.9 Å². The van der Waals surface area contributed by atoms with Crippen LogP contribution in [0.25, 0.3) is 0 Å². The SMILES string of the molecule is Cc1cc(C)c(N(CC(=O)NCCCSCc2ccccc2F)S(C)(=O)=O)c(C)c1. The van der Waals surface area contributed by atoms with Crippen LogP contribution in [0.2, 0.25) is 0 Å².